The predicted molar refractivity (Wildman–Crippen MR) is 68.9 cm³/mol. The lowest BCUT2D eigenvalue weighted by Crippen LogP contribution is -2.39. The highest BCUT2D eigenvalue weighted by molar-refractivity contribution is 5.95. The molecule has 1 amide bonds. The van der Waals surface area contributed by atoms with Gasteiger partial charge >= 0.3 is 0 Å². The van der Waals surface area contributed by atoms with Crippen LogP contribution in [0.5, 0.6) is 0 Å². The number of halogens is 1. The van der Waals surface area contributed by atoms with Gasteiger partial charge in [0, 0.05) is 31.7 Å². The third kappa shape index (κ3) is 2.03. The first-order valence-corrected chi connectivity index (χ1v) is 6.53. The maximum absolute atomic E-state index is 13.9. The second kappa shape index (κ2) is 4.82. The topological polar surface area (TPSA) is 75.5 Å². The maximum Gasteiger partial charge on any atom is 0.272 e. The number of benzene rings is 1. The smallest absolute Gasteiger partial charge is 0.272 e. The van der Waals surface area contributed by atoms with Crippen LogP contribution in [0.2, 0.25) is 0 Å². The molecule has 1 aromatic carbocycles. The lowest BCUT2D eigenvalue weighted by Gasteiger charge is -2.23. The molecular formula is C13H14FN3O3. The van der Waals surface area contributed by atoms with E-state index in [1.165, 1.54) is 6.07 Å². The molecule has 0 aliphatic carbocycles. The lowest BCUT2D eigenvalue weighted by molar-refractivity contribution is -0.385. The van der Waals surface area contributed by atoms with Gasteiger partial charge in [-0.2, -0.15) is 0 Å². The number of nitrogens with one attached hydrogen (secondary N) is 1. The molecule has 2 heterocycles. The molecule has 2 fully saturated rings. The van der Waals surface area contributed by atoms with Crippen LogP contribution in [0, 0.1) is 21.8 Å². The van der Waals surface area contributed by atoms with E-state index in [0.717, 1.165) is 31.6 Å². The summed E-state index contributed by atoms with van der Waals surface area (Å²) >= 11 is 0. The normalized spacial score (nSPS) is 24.8. The Morgan fingerprint density at radius 2 is 2.25 bits per heavy atom. The fourth-order valence-corrected chi connectivity index (χ4v) is 3.05. The molecule has 3 rings (SSSR count). The van der Waals surface area contributed by atoms with E-state index in [9.17, 15) is 19.3 Å². The van der Waals surface area contributed by atoms with Gasteiger partial charge in [-0.1, -0.05) is 0 Å². The summed E-state index contributed by atoms with van der Waals surface area (Å²) in [4.78, 5) is 24.0. The summed E-state index contributed by atoms with van der Waals surface area (Å²) in [6, 6.07) is 3.27. The van der Waals surface area contributed by atoms with Crippen molar-refractivity contribution in [2.24, 2.45) is 5.92 Å². The number of amides is 1. The SMILES string of the molecule is O=C(c1ccc([N+](=O)[O-])cc1F)N1CC[C@H]2CNC[C@H]21. The van der Waals surface area contributed by atoms with Gasteiger partial charge in [0.25, 0.3) is 11.6 Å². The molecule has 0 bridgehead atoms. The number of rotatable bonds is 2. The Morgan fingerprint density at radius 1 is 1.45 bits per heavy atom. The zero-order valence-corrected chi connectivity index (χ0v) is 10.7. The number of nitro benzene ring substituents is 1. The molecule has 0 radical (unpaired) electrons. The molecule has 2 aliphatic heterocycles. The molecule has 0 unspecified atom stereocenters. The van der Waals surface area contributed by atoms with Crippen molar-refractivity contribution in [3.05, 3.63) is 39.7 Å². The van der Waals surface area contributed by atoms with Crippen molar-refractivity contribution in [2.45, 2.75) is 12.5 Å². The summed E-state index contributed by atoms with van der Waals surface area (Å²) in [6.07, 6.45) is 0.915. The Labute approximate surface area is 114 Å². The van der Waals surface area contributed by atoms with Crippen molar-refractivity contribution in [2.75, 3.05) is 19.6 Å². The summed E-state index contributed by atoms with van der Waals surface area (Å²) in [7, 11) is 0. The highest BCUT2D eigenvalue weighted by Gasteiger charge is 2.40. The zero-order valence-electron chi connectivity index (χ0n) is 10.7. The van der Waals surface area contributed by atoms with Gasteiger partial charge in [0.1, 0.15) is 5.82 Å². The van der Waals surface area contributed by atoms with Crippen molar-refractivity contribution in [3.8, 4) is 0 Å². The Kier molecular flexibility index (Phi) is 3.13. The zero-order chi connectivity index (χ0) is 14.3. The number of hydrogen-bond donors (Lipinski definition) is 1. The van der Waals surface area contributed by atoms with Gasteiger partial charge in [-0.15, -0.1) is 0 Å². The number of fused-ring (bicyclic) bond motifs is 1. The summed E-state index contributed by atoms with van der Waals surface area (Å²) in [5.41, 5.74) is -0.441. The number of non-ortho nitro benzene ring substituents is 1. The van der Waals surface area contributed by atoms with Crippen molar-refractivity contribution in [3.63, 3.8) is 0 Å². The standard InChI is InChI=1S/C13H14FN3O3/c14-11-5-9(17(19)20)1-2-10(11)13(18)16-4-3-8-6-15-7-12(8)16/h1-2,5,8,12,15H,3-4,6-7H2/t8-,12+/m0/s1. The van der Waals surface area contributed by atoms with Crippen molar-refractivity contribution in [1.29, 1.82) is 0 Å². The van der Waals surface area contributed by atoms with Crippen LogP contribution in [-0.4, -0.2) is 41.4 Å². The van der Waals surface area contributed by atoms with Gasteiger partial charge in [-0.25, -0.2) is 4.39 Å². The molecule has 1 aromatic rings. The van der Waals surface area contributed by atoms with E-state index in [4.69, 9.17) is 0 Å². The van der Waals surface area contributed by atoms with Crippen molar-refractivity contribution in [1.82, 2.24) is 10.2 Å². The first kappa shape index (κ1) is 13.0. The highest BCUT2D eigenvalue weighted by Crippen LogP contribution is 2.29. The minimum Gasteiger partial charge on any atom is -0.334 e. The number of carbonyl (C=O) groups excluding carboxylic acids is 1. The molecule has 6 nitrogen and oxygen atoms in total. The Balaban J connectivity index is 1.85. The highest BCUT2D eigenvalue weighted by atomic mass is 19.1. The van der Waals surface area contributed by atoms with Crippen LogP contribution >= 0.6 is 0 Å². The van der Waals surface area contributed by atoms with Gasteiger partial charge < -0.3 is 10.2 Å². The van der Waals surface area contributed by atoms with Crippen LogP contribution in [0.25, 0.3) is 0 Å². The van der Waals surface area contributed by atoms with Gasteiger partial charge in [0.2, 0.25) is 0 Å². The first-order chi connectivity index (χ1) is 9.58. The maximum atomic E-state index is 13.9. The summed E-state index contributed by atoms with van der Waals surface area (Å²) in [5, 5.41) is 13.8. The molecule has 2 aliphatic rings. The van der Waals surface area contributed by atoms with Gasteiger partial charge in [-0.05, 0) is 18.4 Å². The minimum atomic E-state index is -0.835. The predicted octanol–water partition coefficient (Wildman–Crippen LogP) is 1.17. The first-order valence-electron chi connectivity index (χ1n) is 6.53. The van der Waals surface area contributed by atoms with Crippen molar-refractivity contribution < 1.29 is 14.1 Å². The summed E-state index contributed by atoms with van der Waals surface area (Å²) < 4.78 is 13.9. The quantitative estimate of drug-likeness (QED) is 0.651. The Hall–Kier alpha value is -2.02. The fraction of sp³-hybridized carbons (Fsp3) is 0.462. The lowest BCUT2D eigenvalue weighted by atomic mass is 10.0. The van der Waals surface area contributed by atoms with Crippen LogP contribution in [0.4, 0.5) is 10.1 Å². The number of hydrogen-bond acceptors (Lipinski definition) is 4. The van der Waals surface area contributed by atoms with Crippen LogP contribution in [0.3, 0.4) is 0 Å². The van der Waals surface area contributed by atoms with E-state index < -0.39 is 10.7 Å². The molecular weight excluding hydrogens is 265 g/mol. The fourth-order valence-electron chi connectivity index (χ4n) is 3.05. The molecule has 7 heteroatoms. The van der Waals surface area contributed by atoms with E-state index in [1.54, 1.807) is 4.90 Å². The Bertz CT molecular complexity index is 578. The number of carbonyl (C=O) groups is 1. The summed E-state index contributed by atoms with van der Waals surface area (Å²) in [5.74, 6) is -0.785. The van der Waals surface area contributed by atoms with E-state index in [1.807, 2.05) is 0 Å². The van der Waals surface area contributed by atoms with E-state index >= 15 is 0 Å². The van der Waals surface area contributed by atoms with Gasteiger partial charge in [0.15, 0.2) is 0 Å². The Morgan fingerprint density at radius 3 is 2.95 bits per heavy atom. The van der Waals surface area contributed by atoms with Crippen molar-refractivity contribution >= 4 is 11.6 Å². The van der Waals surface area contributed by atoms with E-state index in [0.29, 0.717) is 12.5 Å². The van der Waals surface area contributed by atoms with Crippen LogP contribution in [0.15, 0.2) is 18.2 Å². The second-order valence-corrected chi connectivity index (χ2v) is 5.19. The molecule has 0 spiro atoms. The van der Waals surface area contributed by atoms with Gasteiger partial charge in [-0.3, -0.25) is 14.9 Å². The monoisotopic (exact) mass is 279 g/mol. The van der Waals surface area contributed by atoms with Crippen LogP contribution < -0.4 is 5.32 Å². The molecule has 0 aromatic heterocycles. The van der Waals surface area contributed by atoms with Gasteiger partial charge in [0.05, 0.1) is 16.6 Å². The second-order valence-electron chi connectivity index (χ2n) is 5.19. The van der Waals surface area contributed by atoms with Crippen LogP contribution in [-0.2, 0) is 0 Å². The van der Waals surface area contributed by atoms with E-state index in [-0.39, 0.29) is 23.2 Å². The number of likely N-dealkylation sites (tertiary alicyclic amines) is 1. The minimum absolute atomic E-state index is 0.0943. The molecule has 0 saturated carbocycles. The third-order valence-corrected chi connectivity index (χ3v) is 4.10. The average Bonchev–Trinajstić information content (AvgIpc) is 2.99. The third-order valence-electron chi connectivity index (χ3n) is 4.10. The molecule has 1 N–H and O–H groups in total. The summed E-state index contributed by atoms with van der Waals surface area (Å²) in [6.45, 7) is 2.23. The van der Waals surface area contributed by atoms with Crippen LogP contribution in [0.1, 0.15) is 16.8 Å². The average molecular weight is 279 g/mol. The largest absolute Gasteiger partial charge is 0.334 e. The van der Waals surface area contributed by atoms with E-state index in [2.05, 4.69) is 5.32 Å². The molecule has 20 heavy (non-hydrogen) atoms. The number of nitrogens with zero attached hydrogens (tertiary/aromatic N) is 2. The number of nitro groups is 1. The molecule has 106 valence electrons. The molecule has 2 saturated heterocycles. The molecule has 2 atom stereocenters.